The van der Waals surface area contributed by atoms with E-state index in [0.717, 1.165) is 30.1 Å². The number of aryl methyl sites for hydroxylation is 1. The summed E-state index contributed by atoms with van der Waals surface area (Å²) in [7, 11) is 1.78. The van der Waals surface area contributed by atoms with Gasteiger partial charge in [0, 0.05) is 31.8 Å². The molecular weight excluding hydrogens is 254 g/mol. The molecule has 1 amide bonds. The number of aromatic nitrogens is 1. The molecule has 5 heteroatoms. The topological polar surface area (TPSA) is 58.4 Å². The van der Waals surface area contributed by atoms with Gasteiger partial charge in [0.15, 0.2) is 0 Å². The molecule has 0 radical (unpaired) electrons. The minimum atomic E-state index is 0.000327. The zero-order chi connectivity index (χ0) is 14.1. The summed E-state index contributed by atoms with van der Waals surface area (Å²) in [5.74, 6) is 0.754. The van der Waals surface area contributed by atoms with E-state index in [1.807, 2.05) is 31.2 Å². The highest BCUT2D eigenvalue weighted by Gasteiger charge is 2.17. The van der Waals surface area contributed by atoms with Crippen LogP contribution >= 0.6 is 0 Å². The Bertz CT molecular complexity index is 648. The van der Waals surface area contributed by atoms with E-state index in [4.69, 9.17) is 4.52 Å². The molecule has 0 fully saturated rings. The molecule has 0 spiro atoms. The third kappa shape index (κ3) is 2.44. The van der Waals surface area contributed by atoms with Crippen molar-refractivity contribution in [2.24, 2.45) is 0 Å². The Labute approximate surface area is 117 Å². The summed E-state index contributed by atoms with van der Waals surface area (Å²) in [4.78, 5) is 14.1. The van der Waals surface area contributed by atoms with Crippen molar-refractivity contribution in [2.75, 3.05) is 7.05 Å². The highest BCUT2D eigenvalue weighted by Crippen LogP contribution is 2.18. The summed E-state index contributed by atoms with van der Waals surface area (Å²) in [5.41, 5.74) is 3.97. The molecule has 1 aliphatic rings. The van der Waals surface area contributed by atoms with Gasteiger partial charge in [-0.05, 0) is 30.2 Å². The number of nitrogens with one attached hydrogen (secondary N) is 1. The van der Waals surface area contributed by atoms with Crippen LogP contribution in [0, 0.1) is 6.92 Å². The predicted molar refractivity (Wildman–Crippen MR) is 74.0 cm³/mol. The van der Waals surface area contributed by atoms with Gasteiger partial charge in [0.1, 0.15) is 11.5 Å². The molecule has 5 nitrogen and oxygen atoms in total. The van der Waals surface area contributed by atoms with Crippen LogP contribution in [0.15, 0.2) is 28.8 Å². The number of rotatable bonds is 3. The molecule has 104 valence electrons. The van der Waals surface area contributed by atoms with Crippen molar-refractivity contribution in [2.45, 2.75) is 26.6 Å². The van der Waals surface area contributed by atoms with Crippen molar-refractivity contribution in [1.29, 1.82) is 0 Å². The predicted octanol–water partition coefficient (Wildman–Crippen LogP) is 1.86. The number of hydrogen-bond acceptors (Lipinski definition) is 4. The van der Waals surface area contributed by atoms with Crippen LogP contribution in [0.3, 0.4) is 0 Å². The fourth-order valence-corrected chi connectivity index (χ4v) is 2.46. The molecule has 1 aliphatic heterocycles. The van der Waals surface area contributed by atoms with Crippen molar-refractivity contribution in [3.63, 3.8) is 0 Å². The van der Waals surface area contributed by atoms with E-state index in [1.165, 1.54) is 11.1 Å². The monoisotopic (exact) mass is 271 g/mol. The first-order valence-corrected chi connectivity index (χ1v) is 6.63. The Morgan fingerprint density at radius 1 is 1.35 bits per heavy atom. The van der Waals surface area contributed by atoms with E-state index in [2.05, 4.69) is 10.5 Å². The molecule has 1 aromatic heterocycles. The van der Waals surface area contributed by atoms with Crippen LogP contribution in [-0.4, -0.2) is 23.0 Å². The quantitative estimate of drug-likeness (QED) is 0.925. The second kappa shape index (κ2) is 5.09. The van der Waals surface area contributed by atoms with Crippen molar-refractivity contribution >= 4 is 5.91 Å². The fourth-order valence-electron chi connectivity index (χ4n) is 2.46. The number of carbonyl (C=O) groups is 1. The number of hydrogen-bond donors (Lipinski definition) is 1. The first-order chi connectivity index (χ1) is 9.63. The van der Waals surface area contributed by atoms with Gasteiger partial charge in [-0.3, -0.25) is 4.79 Å². The van der Waals surface area contributed by atoms with Crippen molar-refractivity contribution in [3.8, 4) is 0 Å². The number of amides is 1. The third-order valence-electron chi connectivity index (χ3n) is 3.51. The number of carbonyl (C=O) groups excluding carboxylic acids is 1. The van der Waals surface area contributed by atoms with Crippen LogP contribution < -0.4 is 5.32 Å². The highest BCUT2D eigenvalue weighted by atomic mass is 16.5. The highest BCUT2D eigenvalue weighted by molar-refractivity contribution is 5.94. The lowest BCUT2D eigenvalue weighted by Crippen LogP contribution is -2.26. The summed E-state index contributed by atoms with van der Waals surface area (Å²) in [6.07, 6.45) is 0. The second-order valence-corrected chi connectivity index (χ2v) is 5.18. The Kier molecular flexibility index (Phi) is 3.28. The molecule has 0 saturated heterocycles. The van der Waals surface area contributed by atoms with Gasteiger partial charge in [-0.25, -0.2) is 0 Å². The van der Waals surface area contributed by atoms with Crippen LogP contribution in [0.2, 0.25) is 0 Å². The Balaban J connectivity index is 1.74. The molecule has 0 bridgehead atoms. The molecule has 0 unspecified atom stereocenters. The van der Waals surface area contributed by atoms with Crippen molar-refractivity contribution < 1.29 is 9.32 Å². The average Bonchev–Trinajstić information content (AvgIpc) is 3.05. The van der Waals surface area contributed by atoms with Crippen LogP contribution in [0.5, 0.6) is 0 Å². The van der Waals surface area contributed by atoms with Gasteiger partial charge < -0.3 is 14.7 Å². The summed E-state index contributed by atoms with van der Waals surface area (Å²) < 4.78 is 5.02. The maximum absolute atomic E-state index is 12.4. The van der Waals surface area contributed by atoms with E-state index in [1.54, 1.807) is 11.9 Å². The lowest BCUT2D eigenvalue weighted by atomic mass is 10.1. The van der Waals surface area contributed by atoms with E-state index in [9.17, 15) is 4.79 Å². The third-order valence-corrected chi connectivity index (χ3v) is 3.51. The maximum atomic E-state index is 12.4. The zero-order valence-electron chi connectivity index (χ0n) is 11.6. The van der Waals surface area contributed by atoms with Crippen LogP contribution in [0.1, 0.15) is 32.9 Å². The summed E-state index contributed by atoms with van der Waals surface area (Å²) >= 11 is 0. The SMILES string of the molecule is Cc1cc(CN(C)C(=O)c2ccc3c(c2)CNC3)no1. The largest absolute Gasteiger partial charge is 0.361 e. The van der Waals surface area contributed by atoms with Crippen molar-refractivity contribution in [1.82, 2.24) is 15.4 Å². The van der Waals surface area contributed by atoms with Gasteiger partial charge in [-0.2, -0.15) is 0 Å². The fraction of sp³-hybridized carbons (Fsp3) is 0.333. The summed E-state index contributed by atoms with van der Waals surface area (Å²) in [6.45, 7) is 4.01. The normalized spacial score (nSPS) is 13.3. The minimum absolute atomic E-state index is 0.000327. The molecule has 0 saturated carbocycles. The van der Waals surface area contributed by atoms with Crippen LogP contribution in [0.4, 0.5) is 0 Å². The summed E-state index contributed by atoms with van der Waals surface area (Å²) in [5, 5.41) is 7.19. The Hall–Kier alpha value is -2.14. The molecule has 2 aromatic rings. The van der Waals surface area contributed by atoms with Crippen molar-refractivity contribution in [3.05, 3.63) is 52.4 Å². The number of nitrogens with zero attached hydrogens (tertiary/aromatic N) is 2. The molecule has 0 aliphatic carbocycles. The van der Waals surface area contributed by atoms with Gasteiger partial charge in [0.25, 0.3) is 5.91 Å². The lowest BCUT2D eigenvalue weighted by molar-refractivity contribution is 0.0782. The zero-order valence-corrected chi connectivity index (χ0v) is 11.6. The smallest absolute Gasteiger partial charge is 0.253 e. The first kappa shape index (κ1) is 12.9. The van der Waals surface area contributed by atoms with E-state index in [-0.39, 0.29) is 5.91 Å². The standard InChI is InChI=1S/C15H17N3O2/c1-10-5-14(17-20-10)9-18(2)15(19)11-3-4-12-7-16-8-13(12)6-11/h3-6,16H,7-9H2,1-2H3. The molecular formula is C15H17N3O2. The molecule has 1 N–H and O–H groups in total. The Morgan fingerprint density at radius 3 is 2.90 bits per heavy atom. The van der Waals surface area contributed by atoms with E-state index >= 15 is 0 Å². The second-order valence-electron chi connectivity index (χ2n) is 5.18. The van der Waals surface area contributed by atoms with Gasteiger partial charge in [0.05, 0.1) is 6.54 Å². The van der Waals surface area contributed by atoms with Gasteiger partial charge in [-0.15, -0.1) is 0 Å². The van der Waals surface area contributed by atoms with Gasteiger partial charge in [-0.1, -0.05) is 11.2 Å². The molecule has 0 atom stereocenters. The minimum Gasteiger partial charge on any atom is -0.361 e. The Morgan fingerprint density at radius 2 is 2.15 bits per heavy atom. The van der Waals surface area contributed by atoms with Crippen LogP contribution in [-0.2, 0) is 19.6 Å². The van der Waals surface area contributed by atoms with E-state index in [0.29, 0.717) is 6.54 Å². The van der Waals surface area contributed by atoms with Gasteiger partial charge in [0.2, 0.25) is 0 Å². The summed E-state index contributed by atoms with van der Waals surface area (Å²) in [6, 6.07) is 7.73. The van der Waals surface area contributed by atoms with Gasteiger partial charge >= 0.3 is 0 Å². The maximum Gasteiger partial charge on any atom is 0.253 e. The van der Waals surface area contributed by atoms with Crippen LogP contribution in [0.25, 0.3) is 0 Å². The average molecular weight is 271 g/mol. The van der Waals surface area contributed by atoms with E-state index < -0.39 is 0 Å². The molecule has 20 heavy (non-hydrogen) atoms. The first-order valence-electron chi connectivity index (χ1n) is 6.63. The molecule has 2 heterocycles. The molecule has 1 aromatic carbocycles. The molecule has 3 rings (SSSR count). The lowest BCUT2D eigenvalue weighted by Gasteiger charge is -2.16. The number of fused-ring (bicyclic) bond motifs is 1. The number of benzene rings is 1.